The van der Waals surface area contributed by atoms with Crippen LogP contribution >= 0.6 is 0 Å². The number of nitrogens with one attached hydrogen (secondary N) is 1. The Bertz CT molecular complexity index is 586. The van der Waals surface area contributed by atoms with Crippen LogP contribution in [0.3, 0.4) is 0 Å². The van der Waals surface area contributed by atoms with Crippen molar-refractivity contribution in [1.82, 2.24) is 9.38 Å². The summed E-state index contributed by atoms with van der Waals surface area (Å²) in [5.41, 5.74) is 2.38. The molecule has 2 aromatic rings. The van der Waals surface area contributed by atoms with Crippen LogP contribution in [0.25, 0.3) is 5.65 Å². The molecule has 0 bridgehead atoms. The normalized spacial score (nSPS) is 17.6. The van der Waals surface area contributed by atoms with E-state index in [1.165, 1.54) is 43.6 Å². The van der Waals surface area contributed by atoms with Crippen molar-refractivity contribution in [2.24, 2.45) is 0 Å². The number of rotatable bonds is 2. The van der Waals surface area contributed by atoms with E-state index in [9.17, 15) is 0 Å². The van der Waals surface area contributed by atoms with E-state index in [2.05, 4.69) is 54.9 Å². The van der Waals surface area contributed by atoms with Gasteiger partial charge in [-0.05, 0) is 45.7 Å². The molecule has 3 rings (SSSR count). The molecule has 0 aliphatic heterocycles. The number of imidazole rings is 1. The average Bonchev–Trinajstić information content (AvgIpc) is 2.77. The van der Waals surface area contributed by atoms with E-state index in [1.807, 2.05) is 0 Å². The topological polar surface area (TPSA) is 29.3 Å². The largest absolute Gasteiger partial charge is 0.365 e. The van der Waals surface area contributed by atoms with E-state index in [1.54, 1.807) is 0 Å². The Morgan fingerprint density at radius 2 is 1.90 bits per heavy atom. The van der Waals surface area contributed by atoms with Crippen molar-refractivity contribution >= 4 is 11.5 Å². The van der Waals surface area contributed by atoms with E-state index in [0.29, 0.717) is 5.92 Å². The third kappa shape index (κ3) is 2.67. The second-order valence-electron chi connectivity index (χ2n) is 6.98. The predicted octanol–water partition coefficient (Wildman–Crippen LogP) is 4.59. The maximum absolute atomic E-state index is 4.92. The van der Waals surface area contributed by atoms with Gasteiger partial charge < -0.3 is 5.32 Å². The second kappa shape index (κ2) is 5.12. The van der Waals surface area contributed by atoms with E-state index in [4.69, 9.17) is 4.98 Å². The lowest BCUT2D eigenvalue weighted by atomic mass is 9.87. The molecule has 0 spiro atoms. The number of hydrogen-bond donors (Lipinski definition) is 1. The van der Waals surface area contributed by atoms with Gasteiger partial charge in [-0.1, -0.05) is 25.3 Å². The van der Waals surface area contributed by atoms with Crippen molar-refractivity contribution in [3.05, 3.63) is 30.1 Å². The molecule has 2 aromatic heterocycles. The standard InChI is InChI=1S/C17H25N3/c1-17(2,3)19-16-15(13-9-5-4-6-10-13)18-14-11-7-8-12-20(14)16/h7-8,11-13,19H,4-6,9-10H2,1-3H3. The van der Waals surface area contributed by atoms with Crippen LogP contribution in [-0.4, -0.2) is 14.9 Å². The van der Waals surface area contributed by atoms with E-state index in [0.717, 1.165) is 5.65 Å². The molecule has 1 fully saturated rings. The summed E-state index contributed by atoms with van der Waals surface area (Å²) >= 11 is 0. The van der Waals surface area contributed by atoms with Crippen LogP contribution in [0.1, 0.15) is 64.5 Å². The molecule has 1 aliphatic rings. The molecule has 0 radical (unpaired) electrons. The molecule has 3 heteroatoms. The van der Waals surface area contributed by atoms with E-state index in [-0.39, 0.29) is 5.54 Å². The maximum Gasteiger partial charge on any atom is 0.138 e. The monoisotopic (exact) mass is 271 g/mol. The molecule has 20 heavy (non-hydrogen) atoms. The molecule has 0 amide bonds. The lowest BCUT2D eigenvalue weighted by molar-refractivity contribution is 0.438. The van der Waals surface area contributed by atoms with Gasteiger partial charge >= 0.3 is 0 Å². The van der Waals surface area contributed by atoms with Crippen LogP contribution in [-0.2, 0) is 0 Å². The second-order valence-corrected chi connectivity index (χ2v) is 6.98. The molecule has 1 saturated carbocycles. The van der Waals surface area contributed by atoms with Gasteiger partial charge in [0.25, 0.3) is 0 Å². The summed E-state index contributed by atoms with van der Waals surface area (Å²) in [6.45, 7) is 6.62. The average molecular weight is 271 g/mol. The molecule has 1 N–H and O–H groups in total. The molecule has 2 heterocycles. The zero-order chi connectivity index (χ0) is 14.2. The summed E-state index contributed by atoms with van der Waals surface area (Å²) in [7, 11) is 0. The van der Waals surface area contributed by atoms with Gasteiger partial charge in [0.1, 0.15) is 11.5 Å². The van der Waals surface area contributed by atoms with Gasteiger partial charge in [0.05, 0.1) is 5.69 Å². The number of fused-ring (bicyclic) bond motifs is 1. The number of nitrogens with zero attached hydrogens (tertiary/aromatic N) is 2. The van der Waals surface area contributed by atoms with Gasteiger partial charge in [-0.2, -0.15) is 0 Å². The summed E-state index contributed by atoms with van der Waals surface area (Å²) in [6.07, 6.45) is 8.74. The zero-order valence-corrected chi connectivity index (χ0v) is 12.8. The highest BCUT2D eigenvalue weighted by Gasteiger charge is 2.25. The van der Waals surface area contributed by atoms with E-state index < -0.39 is 0 Å². The highest BCUT2D eigenvalue weighted by molar-refractivity contribution is 5.57. The highest BCUT2D eigenvalue weighted by atomic mass is 15.2. The number of anilines is 1. The van der Waals surface area contributed by atoms with Gasteiger partial charge in [0.15, 0.2) is 0 Å². The van der Waals surface area contributed by atoms with Gasteiger partial charge in [-0.25, -0.2) is 4.98 Å². The third-order valence-corrected chi connectivity index (χ3v) is 4.04. The molecule has 3 nitrogen and oxygen atoms in total. The zero-order valence-electron chi connectivity index (χ0n) is 12.8. The third-order valence-electron chi connectivity index (χ3n) is 4.04. The first-order valence-electron chi connectivity index (χ1n) is 7.80. The van der Waals surface area contributed by atoms with Gasteiger partial charge in [-0.15, -0.1) is 0 Å². The van der Waals surface area contributed by atoms with E-state index >= 15 is 0 Å². The lowest BCUT2D eigenvalue weighted by Crippen LogP contribution is -2.28. The number of aromatic nitrogens is 2. The quantitative estimate of drug-likeness (QED) is 0.865. The first-order chi connectivity index (χ1) is 9.54. The van der Waals surface area contributed by atoms with Crippen molar-refractivity contribution in [3.8, 4) is 0 Å². The molecule has 0 aromatic carbocycles. The van der Waals surface area contributed by atoms with Crippen LogP contribution in [0.15, 0.2) is 24.4 Å². The molecule has 108 valence electrons. The SMILES string of the molecule is CC(C)(C)Nc1c(C2CCCCC2)nc2ccccn12. The number of pyridine rings is 1. The Morgan fingerprint density at radius 3 is 2.60 bits per heavy atom. The summed E-state index contributed by atoms with van der Waals surface area (Å²) in [6, 6.07) is 6.24. The first-order valence-corrected chi connectivity index (χ1v) is 7.80. The fraction of sp³-hybridized carbons (Fsp3) is 0.588. The molecule has 0 unspecified atom stereocenters. The smallest absolute Gasteiger partial charge is 0.138 e. The fourth-order valence-corrected chi connectivity index (χ4v) is 3.15. The van der Waals surface area contributed by atoms with Crippen molar-refractivity contribution in [3.63, 3.8) is 0 Å². The molecule has 0 atom stereocenters. The highest BCUT2D eigenvalue weighted by Crippen LogP contribution is 2.37. The predicted molar refractivity (Wildman–Crippen MR) is 84.4 cm³/mol. The maximum atomic E-state index is 4.92. The Hall–Kier alpha value is -1.51. The Morgan fingerprint density at radius 1 is 1.15 bits per heavy atom. The summed E-state index contributed by atoms with van der Waals surface area (Å²) in [4.78, 5) is 4.92. The summed E-state index contributed by atoms with van der Waals surface area (Å²) in [5.74, 6) is 1.81. The van der Waals surface area contributed by atoms with Crippen LogP contribution in [0.5, 0.6) is 0 Å². The Kier molecular flexibility index (Phi) is 3.45. The number of hydrogen-bond acceptors (Lipinski definition) is 2. The van der Waals surface area contributed by atoms with Crippen LogP contribution in [0.2, 0.25) is 0 Å². The van der Waals surface area contributed by atoms with Crippen LogP contribution < -0.4 is 5.32 Å². The van der Waals surface area contributed by atoms with Crippen molar-refractivity contribution in [1.29, 1.82) is 0 Å². The molecule has 0 saturated heterocycles. The van der Waals surface area contributed by atoms with Crippen molar-refractivity contribution in [2.75, 3.05) is 5.32 Å². The summed E-state index contributed by atoms with van der Waals surface area (Å²) < 4.78 is 2.20. The Balaban J connectivity index is 2.06. The van der Waals surface area contributed by atoms with Gasteiger partial charge in [-0.3, -0.25) is 4.40 Å². The molecule has 1 aliphatic carbocycles. The van der Waals surface area contributed by atoms with Crippen LogP contribution in [0, 0.1) is 0 Å². The fourth-order valence-electron chi connectivity index (χ4n) is 3.15. The lowest BCUT2D eigenvalue weighted by Gasteiger charge is -2.26. The van der Waals surface area contributed by atoms with Crippen molar-refractivity contribution < 1.29 is 0 Å². The van der Waals surface area contributed by atoms with Crippen molar-refractivity contribution in [2.45, 2.75) is 64.3 Å². The molecular formula is C17H25N3. The van der Waals surface area contributed by atoms with Crippen LogP contribution in [0.4, 0.5) is 5.82 Å². The minimum Gasteiger partial charge on any atom is -0.365 e. The van der Waals surface area contributed by atoms with Gasteiger partial charge in [0.2, 0.25) is 0 Å². The van der Waals surface area contributed by atoms with Gasteiger partial charge in [0, 0.05) is 17.7 Å². The minimum atomic E-state index is 0.0508. The summed E-state index contributed by atoms with van der Waals surface area (Å²) in [5, 5.41) is 3.67. The Labute approximate surface area is 121 Å². The minimum absolute atomic E-state index is 0.0508. The molecular weight excluding hydrogens is 246 g/mol. The first kappa shape index (κ1) is 13.5.